The molecule has 3 heterocycles. The number of imidazole rings is 1. The zero-order chi connectivity index (χ0) is 23.0. The molecule has 13 heteroatoms. The number of hydrogen-bond acceptors (Lipinski definition) is 7. The van der Waals surface area contributed by atoms with E-state index in [1.165, 1.54) is 34.1 Å². The van der Waals surface area contributed by atoms with Gasteiger partial charge in [0.1, 0.15) is 17.1 Å². The Labute approximate surface area is 182 Å². The highest BCUT2D eigenvalue weighted by Crippen LogP contribution is 2.29. The van der Waals surface area contributed by atoms with Crippen LogP contribution in [0.25, 0.3) is 11.2 Å². The Morgan fingerprint density at radius 1 is 1.22 bits per heavy atom. The molecule has 1 saturated heterocycles. The first-order valence-corrected chi connectivity index (χ1v) is 11.4. The number of rotatable bonds is 6. The molecule has 32 heavy (non-hydrogen) atoms. The molecule has 0 saturated carbocycles. The highest BCUT2D eigenvalue weighted by molar-refractivity contribution is 7.89. The second-order valence-corrected chi connectivity index (χ2v) is 9.48. The molecule has 0 radical (unpaired) electrons. The Balaban J connectivity index is 1.48. The van der Waals surface area contributed by atoms with Crippen molar-refractivity contribution in [2.24, 2.45) is 7.05 Å². The molecule has 0 atom stereocenters. The van der Waals surface area contributed by atoms with Gasteiger partial charge < -0.3 is 15.4 Å². The quantitative estimate of drug-likeness (QED) is 0.374. The number of phenols is 1. The third-order valence-electron chi connectivity index (χ3n) is 5.34. The van der Waals surface area contributed by atoms with Crippen LogP contribution in [0.1, 0.15) is 25.1 Å². The highest BCUT2D eigenvalue weighted by atomic mass is 32.2. The number of hydrogen-bond donors (Lipinski definition) is 4. The Morgan fingerprint density at radius 3 is 2.66 bits per heavy atom. The largest absolute Gasteiger partial charge is 0.506 e. The second kappa shape index (κ2) is 8.24. The van der Waals surface area contributed by atoms with Gasteiger partial charge in [-0.05, 0) is 31.0 Å². The van der Waals surface area contributed by atoms with E-state index in [9.17, 15) is 27.9 Å². The number of phenolic OH excluding ortho intramolecular Hbond substituents is 1. The lowest BCUT2D eigenvalue weighted by Crippen LogP contribution is -2.28. The molecule has 0 aliphatic carbocycles. The third-order valence-corrected chi connectivity index (χ3v) is 7.23. The molecule has 1 aromatic carbocycles. The molecular formula is C19H22N6O6S. The van der Waals surface area contributed by atoms with E-state index in [1.54, 1.807) is 0 Å². The topological polar surface area (TPSA) is 170 Å². The molecule has 0 bridgehead atoms. The number of amides is 1. The lowest BCUT2D eigenvalue weighted by Gasteiger charge is -2.16. The van der Waals surface area contributed by atoms with Gasteiger partial charge in [-0.3, -0.25) is 19.1 Å². The number of carbonyl (C=O) groups excluding carboxylic acids is 1. The van der Waals surface area contributed by atoms with Crippen LogP contribution in [0.4, 0.5) is 5.69 Å². The maximum absolute atomic E-state index is 12.7. The zero-order valence-corrected chi connectivity index (χ0v) is 18.0. The Kier molecular flexibility index (Phi) is 5.60. The third kappa shape index (κ3) is 4.03. The number of carbonyl (C=O) groups is 1. The monoisotopic (exact) mass is 462 g/mol. The van der Waals surface area contributed by atoms with Crippen LogP contribution >= 0.6 is 0 Å². The molecule has 1 fully saturated rings. The summed E-state index contributed by atoms with van der Waals surface area (Å²) in [6.07, 6.45) is 1.65. The maximum Gasteiger partial charge on any atom is 0.329 e. The smallest absolute Gasteiger partial charge is 0.329 e. The van der Waals surface area contributed by atoms with Gasteiger partial charge in [-0.1, -0.05) is 0 Å². The number of sulfonamides is 1. The van der Waals surface area contributed by atoms with Crippen LogP contribution in [0.5, 0.6) is 5.75 Å². The van der Waals surface area contributed by atoms with E-state index in [2.05, 4.69) is 20.3 Å². The molecule has 1 amide bonds. The SMILES string of the molecule is Cn1c(=O)[nH]c(=O)c2[nH]c(CCC(=O)Nc3cc(S(=O)(=O)N4CCCC4)ccc3O)nc21. The van der Waals surface area contributed by atoms with Crippen molar-refractivity contribution in [3.63, 3.8) is 0 Å². The van der Waals surface area contributed by atoms with Crippen LogP contribution in [0.15, 0.2) is 32.7 Å². The number of benzene rings is 1. The van der Waals surface area contributed by atoms with E-state index < -0.39 is 27.2 Å². The van der Waals surface area contributed by atoms with Gasteiger partial charge in [0, 0.05) is 33.0 Å². The van der Waals surface area contributed by atoms with Crippen molar-refractivity contribution in [3.8, 4) is 5.75 Å². The van der Waals surface area contributed by atoms with Gasteiger partial charge in [0.25, 0.3) is 5.56 Å². The number of aryl methyl sites for hydroxylation is 2. The van der Waals surface area contributed by atoms with Crippen LogP contribution < -0.4 is 16.6 Å². The number of anilines is 1. The lowest BCUT2D eigenvalue weighted by molar-refractivity contribution is -0.116. The van der Waals surface area contributed by atoms with E-state index in [1.807, 2.05) is 0 Å². The zero-order valence-electron chi connectivity index (χ0n) is 17.2. The minimum Gasteiger partial charge on any atom is -0.506 e. The van der Waals surface area contributed by atoms with Crippen LogP contribution in [0.3, 0.4) is 0 Å². The first-order chi connectivity index (χ1) is 15.2. The van der Waals surface area contributed by atoms with Crippen LogP contribution in [-0.2, 0) is 28.3 Å². The van der Waals surface area contributed by atoms with E-state index in [-0.39, 0.29) is 40.3 Å². The Hall–Kier alpha value is -3.45. The standard InChI is InChI=1S/C19H22N6O6S/c1-24-17-16(18(28)23-19(24)29)21-14(22-17)6-7-15(27)20-12-10-11(4-5-13(12)26)32(30,31)25-8-2-3-9-25/h4-5,10,26H,2-3,6-9H2,1H3,(H,20,27)(H,21,22)(H,23,28,29). The summed E-state index contributed by atoms with van der Waals surface area (Å²) in [6, 6.07) is 3.76. The molecule has 12 nitrogen and oxygen atoms in total. The van der Waals surface area contributed by atoms with Crippen molar-refractivity contribution in [2.45, 2.75) is 30.6 Å². The van der Waals surface area contributed by atoms with E-state index >= 15 is 0 Å². The Bertz CT molecular complexity index is 1410. The fourth-order valence-electron chi connectivity index (χ4n) is 3.57. The Morgan fingerprint density at radius 2 is 1.94 bits per heavy atom. The van der Waals surface area contributed by atoms with Gasteiger partial charge in [0.05, 0.1) is 10.6 Å². The number of nitrogens with zero attached hydrogens (tertiary/aromatic N) is 3. The molecular weight excluding hydrogens is 440 g/mol. The van der Waals surface area contributed by atoms with Gasteiger partial charge in [0.2, 0.25) is 15.9 Å². The summed E-state index contributed by atoms with van der Waals surface area (Å²) in [5.74, 6) is -0.417. The molecule has 4 N–H and O–H groups in total. The first-order valence-electron chi connectivity index (χ1n) is 9.98. The maximum atomic E-state index is 12.7. The first kappa shape index (κ1) is 21.8. The van der Waals surface area contributed by atoms with Crippen molar-refractivity contribution in [1.82, 2.24) is 23.8 Å². The summed E-state index contributed by atoms with van der Waals surface area (Å²) in [5, 5.41) is 12.6. The molecule has 170 valence electrons. The molecule has 0 spiro atoms. The van der Waals surface area contributed by atoms with Crippen molar-refractivity contribution in [2.75, 3.05) is 18.4 Å². The molecule has 0 unspecified atom stereocenters. The fourth-order valence-corrected chi connectivity index (χ4v) is 5.11. The van der Waals surface area contributed by atoms with Gasteiger partial charge in [-0.25, -0.2) is 18.2 Å². The lowest BCUT2D eigenvalue weighted by atomic mass is 10.2. The molecule has 3 aromatic rings. The average Bonchev–Trinajstić information content (AvgIpc) is 3.43. The number of aromatic nitrogens is 4. The molecule has 2 aromatic heterocycles. The summed E-state index contributed by atoms with van der Waals surface area (Å²) < 4.78 is 28.0. The van der Waals surface area contributed by atoms with Gasteiger partial charge >= 0.3 is 5.69 Å². The normalized spacial score (nSPS) is 14.8. The predicted octanol–water partition coefficient (Wildman–Crippen LogP) is 0.0113. The van der Waals surface area contributed by atoms with Crippen LogP contribution in [0.2, 0.25) is 0 Å². The number of fused-ring (bicyclic) bond motifs is 1. The van der Waals surface area contributed by atoms with E-state index in [0.29, 0.717) is 18.9 Å². The predicted molar refractivity (Wildman–Crippen MR) is 115 cm³/mol. The summed E-state index contributed by atoms with van der Waals surface area (Å²) >= 11 is 0. The minimum absolute atomic E-state index is 0.00933. The number of aromatic hydroxyl groups is 1. The molecule has 1 aliphatic heterocycles. The minimum atomic E-state index is -3.70. The molecule has 1 aliphatic rings. The average molecular weight is 462 g/mol. The fraction of sp³-hybridized carbons (Fsp3) is 0.368. The van der Waals surface area contributed by atoms with Gasteiger partial charge in [0.15, 0.2) is 5.65 Å². The summed E-state index contributed by atoms with van der Waals surface area (Å²) in [7, 11) is -2.24. The number of nitrogens with one attached hydrogen (secondary N) is 3. The summed E-state index contributed by atoms with van der Waals surface area (Å²) in [6.45, 7) is 0.883. The highest BCUT2D eigenvalue weighted by Gasteiger charge is 2.28. The van der Waals surface area contributed by atoms with Crippen LogP contribution in [0, 0.1) is 0 Å². The van der Waals surface area contributed by atoms with Crippen molar-refractivity contribution in [1.29, 1.82) is 0 Å². The summed E-state index contributed by atoms with van der Waals surface area (Å²) in [4.78, 5) is 45.1. The van der Waals surface area contributed by atoms with E-state index in [4.69, 9.17) is 0 Å². The number of H-pyrrole nitrogens is 2. The summed E-state index contributed by atoms with van der Waals surface area (Å²) in [5.41, 5.74) is -0.921. The second-order valence-electron chi connectivity index (χ2n) is 7.54. The van der Waals surface area contributed by atoms with Crippen molar-refractivity contribution >= 4 is 32.8 Å². The number of aromatic amines is 2. The van der Waals surface area contributed by atoms with Crippen LogP contribution in [-0.4, -0.2) is 56.3 Å². The van der Waals surface area contributed by atoms with E-state index in [0.717, 1.165) is 12.8 Å². The van der Waals surface area contributed by atoms with Crippen molar-refractivity contribution < 1.29 is 18.3 Å². The van der Waals surface area contributed by atoms with Gasteiger partial charge in [-0.15, -0.1) is 0 Å². The van der Waals surface area contributed by atoms with Crippen molar-refractivity contribution in [3.05, 3.63) is 44.9 Å². The van der Waals surface area contributed by atoms with Gasteiger partial charge in [-0.2, -0.15) is 4.31 Å². The molecule has 4 rings (SSSR count).